The monoisotopic (exact) mass is 339 g/mol. The molecule has 0 atom stereocenters. The summed E-state index contributed by atoms with van der Waals surface area (Å²) >= 11 is 0. The molecule has 2 aromatic carbocycles. The number of rotatable bonds is 3. The van der Waals surface area contributed by atoms with Crippen LogP contribution in [0.2, 0.25) is 0 Å². The summed E-state index contributed by atoms with van der Waals surface area (Å²) in [5, 5.41) is 2.12. The van der Waals surface area contributed by atoms with Crippen molar-refractivity contribution in [3.63, 3.8) is 0 Å². The Morgan fingerprint density at radius 1 is 0.962 bits per heavy atom. The summed E-state index contributed by atoms with van der Waals surface area (Å²) in [6, 6.07) is 22.3. The summed E-state index contributed by atoms with van der Waals surface area (Å²) in [6.45, 7) is 0. The van der Waals surface area contributed by atoms with Gasteiger partial charge in [0.25, 0.3) is 0 Å². The second kappa shape index (κ2) is 5.88. The molecular formula is C21H15BFN3+. The molecular weight excluding hydrogens is 324 g/mol. The molecule has 0 aliphatic carbocycles. The van der Waals surface area contributed by atoms with Crippen molar-refractivity contribution < 1.29 is 9.31 Å². The number of nitrogens with zero attached hydrogens (tertiary/aromatic N) is 1. The standard InChI is InChI=1S/C21H14BFN3/c23-22-26-12-4-8-20(26)21(19-7-3-11-24-19)14-9-10-18-16(13-14)15-5-1-2-6-17(15)25-18/h1-13,24H/p+1/b21-14+. The molecule has 0 fully saturated rings. The molecule has 5 rings (SSSR count). The topological polar surface area (TPSA) is 34.7 Å². The third kappa shape index (κ3) is 2.24. The van der Waals surface area contributed by atoms with Crippen LogP contribution in [0.3, 0.4) is 0 Å². The van der Waals surface area contributed by atoms with E-state index in [2.05, 4.69) is 40.3 Å². The predicted molar refractivity (Wildman–Crippen MR) is 100.0 cm³/mol. The molecule has 0 spiro atoms. The second-order valence-electron chi connectivity index (χ2n) is 6.29. The SMILES string of the molecule is F[B]n1cccc1/C(c1ccc[nH]1)=c1\ccc2c(c1)-c1ccccc1[NH+]=2. The number of fused-ring (bicyclic) bond motifs is 3. The van der Waals surface area contributed by atoms with Crippen LogP contribution in [0.4, 0.5) is 10.0 Å². The van der Waals surface area contributed by atoms with Crippen LogP contribution in [0.1, 0.15) is 11.4 Å². The van der Waals surface area contributed by atoms with E-state index in [1.165, 1.54) is 10.0 Å². The zero-order valence-corrected chi connectivity index (χ0v) is 13.9. The first-order valence-electron chi connectivity index (χ1n) is 8.47. The average molecular weight is 339 g/mol. The molecule has 0 saturated heterocycles. The van der Waals surface area contributed by atoms with E-state index in [-0.39, 0.29) is 0 Å². The highest BCUT2D eigenvalue weighted by Crippen LogP contribution is 2.24. The Balaban J connectivity index is 1.84. The van der Waals surface area contributed by atoms with E-state index < -0.39 is 0 Å². The highest BCUT2D eigenvalue weighted by atomic mass is 19.1. The minimum absolute atomic E-state index is 0.586. The summed E-state index contributed by atoms with van der Waals surface area (Å²) in [5.41, 5.74) is 6.16. The van der Waals surface area contributed by atoms with Gasteiger partial charge in [0.05, 0.1) is 11.1 Å². The van der Waals surface area contributed by atoms with E-state index in [0.29, 0.717) is 7.69 Å². The van der Waals surface area contributed by atoms with E-state index in [9.17, 15) is 4.32 Å². The zero-order chi connectivity index (χ0) is 17.5. The van der Waals surface area contributed by atoms with Gasteiger partial charge in [0.2, 0.25) is 11.0 Å². The van der Waals surface area contributed by atoms with Crippen molar-refractivity contribution in [2.75, 3.05) is 0 Å². The molecule has 2 N–H and O–H groups in total. The lowest BCUT2D eigenvalue weighted by Gasteiger charge is -2.09. The van der Waals surface area contributed by atoms with Crippen molar-refractivity contribution in [1.29, 1.82) is 0 Å². The Hall–Kier alpha value is -3.34. The van der Waals surface area contributed by atoms with Crippen LogP contribution in [0.15, 0.2) is 79.1 Å². The maximum absolute atomic E-state index is 13.4. The van der Waals surface area contributed by atoms with Crippen molar-refractivity contribution in [3.8, 4) is 11.1 Å². The molecule has 3 nitrogen and oxygen atoms in total. The molecule has 0 amide bonds. The Morgan fingerprint density at radius 3 is 2.73 bits per heavy atom. The first-order valence-corrected chi connectivity index (χ1v) is 8.47. The maximum Gasteiger partial charge on any atom is 0.495 e. The van der Waals surface area contributed by atoms with Crippen molar-refractivity contribution >= 4 is 19.0 Å². The minimum atomic E-state index is 0.586. The molecule has 4 aromatic rings. The summed E-state index contributed by atoms with van der Waals surface area (Å²) in [6.07, 6.45) is 3.59. The van der Waals surface area contributed by atoms with E-state index in [4.69, 9.17) is 0 Å². The third-order valence-electron chi connectivity index (χ3n) is 4.80. The molecule has 0 bridgehead atoms. The van der Waals surface area contributed by atoms with Gasteiger partial charge >= 0.3 is 7.69 Å². The lowest BCUT2D eigenvalue weighted by Crippen LogP contribution is -2.68. The predicted octanol–water partition coefficient (Wildman–Crippen LogP) is 1.43. The largest absolute Gasteiger partial charge is 0.495 e. The Kier molecular flexibility index (Phi) is 3.38. The van der Waals surface area contributed by atoms with Crippen molar-refractivity contribution in [2.24, 2.45) is 0 Å². The van der Waals surface area contributed by atoms with Gasteiger partial charge in [-0.25, -0.2) is 4.99 Å². The smallest absolute Gasteiger partial charge is 0.364 e. The van der Waals surface area contributed by atoms with Gasteiger partial charge in [-0.1, -0.05) is 12.1 Å². The number of halogens is 1. The van der Waals surface area contributed by atoms with Crippen LogP contribution in [0.25, 0.3) is 16.7 Å². The van der Waals surface area contributed by atoms with Gasteiger partial charge in [0.1, 0.15) is 0 Å². The first kappa shape index (κ1) is 15.0. The highest BCUT2D eigenvalue weighted by molar-refractivity contribution is 6.25. The Morgan fingerprint density at radius 2 is 1.88 bits per heavy atom. The van der Waals surface area contributed by atoms with Crippen LogP contribution in [0, 0.1) is 0 Å². The number of hydrogen-bond acceptors (Lipinski definition) is 0. The van der Waals surface area contributed by atoms with Crippen LogP contribution < -0.4 is 15.6 Å². The van der Waals surface area contributed by atoms with Crippen molar-refractivity contribution in [3.05, 3.63) is 101 Å². The molecule has 123 valence electrons. The molecule has 2 aromatic heterocycles. The molecule has 26 heavy (non-hydrogen) atoms. The van der Waals surface area contributed by atoms with E-state index in [0.717, 1.165) is 38.8 Å². The summed E-state index contributed by atoms with van der Waals surface area (Å²) in [7, 11) is 0.586. The second-order valence-corrected chi connectivity index (χ2v) is 6.29. The number of aromatic nitrogens is 2. The third-order valence-corrected chi connectivity index (χ3v) is 4.80. The minimum Gasteiger partial charge on any atom is -0.364 e. The van der Waals surface area contributed by atoms with Gasteiger partial charge in [-0.3, -0.25) is 0 Å². The van der Waals surface area contributed by atoms with Crippen LogP contribution in [-0.2, 0) is 0 Å². The molecule has 0 unspecified atom stereocenters. The highest BCUT2D eigenvalue weighted by Gasteiger charge is 2.20. The maximum atomic E-state index is 13.4. The number of hydrogen-bond donors (Lipinski definition) is 2. The van der Waals surface area contributed by atoms with Gasteiger partial charge in [0.15, 0.2) is 0 Å². The fourth-order valence-electron chi connectivity index (χ4n) is 3.62. The van der Waals surface area contributed by atoms with Crippen molar-refractivity contribution in [1.82, 2.24) is 9.46 Å². The average Bonchev–Trinajstić information content (AvgIpc) is 3.42. The summed E-state index contributed by atoms with van der Waals surface area (Å²) < 4.78 is 14.9. The van der Waals surface area contributed by atoms with Gasteiger partial charge in [-0.15, -0.1) is 0 Å². The van der Waals surface area contributed by atoms with Crippen LogP contribution >= 0.6 is 0 Å². The fraction of sp³-hybridized carbons (Fsp3) is 0. The molecule has 0 saturated carbocycles. The molecule has 1 aliphatic heterocycles. The van der Waals surface area contributed by atoms with Gasteiger partial charge < -0.3 is 13.8 Å². The van der Waals surface area contributed by atoms with E-state index in [1.807, 2.05) is 42.6 Å². The Labute approximate surface area is 150 Å². The van der Waals surface area contributed by atoms with Crippen molar-refractivity contribution in [2.45, 2.75) is 0 Å². The lowest BCUT2D eigenvalue weighted by atomic mass is 10.00. The van der Waals surface area contributed by atoms with Gasteiger partial charge in [-0.2, -0.15) is 0 Å². The van der Waals surface area contributed by atoms with Crippen LogP contribution in [0.5, 0.6) is 0 Å². The normalized spacial score (nSPS) is 13.0. The van der Waals surface area contributed by atoms with E-state index in [1.54, 1.807) is 6.20 Å². The number of H-pyrrole nitrogens is 1. The fourth-order valence-corrected chi connectivity index (χ4v) is 3.62. The summed E-state index contributed by atoms with van der Waals surface area (Å²) in [4.78, 5) is 6.71. The van der Waals surface area contributed by atoms with Gasteiger partial charge in [-0.05, 0) is 53.9 Å². The molecule has 5 heteroatoms. The molecule has 1 radical (unpaired) electrons. The van der Waals surface area contributed by atoms with Gasteiger partial charge in [0, 0.05) is 35.3 Å². The zero-order valence-electron chi connectivity index (χ0n) is 13.9. The quantitative estimate of drug-likeness (QED) is 0.467. The first-order chi connectivity index (χ1) is 12.8. The number of para-hydroxylation sites is 1. The number of benzene rings is 2. The van der Waals surface area contributed by atoms with Crippen LogP contribution in [-0.4, -0.2) is 17.2 Å². The number of aromatic amines is 1. The van der Waals surface area contributed by atoms with E-state index >= 15 is 0 Å². The number of nitrogens with one attached hydrogen (secondary N) is 2. The molecule has 3 heterocycles. The Bertz CT molecular complexity index is 1220. The lowest BCUT2D eigenvalue weighted by molar-refractivity contribution is -0.397. The summed E-state index contributed by atoms with van der Waals surface area (Å²) in [5.74, 6) is 0. The molecule has 1 aliphatic rings.